The van der Waals surface area contributed by atoms with E-state index in [4.69, 9.17) is 41.1 Å². The van der Waals surface area contributed by atoms with Crippen LogP contribution in [-0.2, 0) is 32.4 Å². The average molecular weight is 1390 g/mol. The monoisotopic (exact) mass is 1380 g/mol. The number of hydrogen-bond acceptors (Lipinski definition) is 8. The molecule has 0 aliphatic heterocycles. The highest BCUT2D eigenvalue weighted by Gasteiger charge is 2.41. The second-order valence-corrected chi connectivity index (χ2v) is 40.2. The molecule has 0 heterocycles. The summed E-state index contributed by atoms with van der Waals surface area (Å²) < 4.78 is 24.4. The van der Waals surface area contributed by atoms with Crippen molar-refractivity contribution in [3.63, 3.8) is 0 Å². The highest BCUT2D eigenvalue weighted by molar-refractivity contribution is 9.09. The van der Waals surface area contributed by atoms with Crippen molar-refractivity contribution in [2.24, 2.45) is 23.7 Å². The van der Waals surface area contributed by atoms with E-state index in [9.17, 15) is 14.4 Å². The molecule has 0 radical (unpaired) electrons. The van der Waals surface area contributed by atoms with Gasteiger partial charge in [-0.25, -0.2) is 9.59 Å². The molecule has 0 aromatic rings. The van der Waals surface area contributed by atoms with Crippen LogP contribution in [0.5, 0.6) is 0 Å². The number of aliphatic carboxylic acids is 1. The topological polar surface area (TPSA) is 129 Å². The van der Waals surface area contributed by atoms with Gasteiger partial charge in [0.1, 0.15) is 12.4 Å². The normalized spacial score (nSPS) is 17.3. The molecule has 91 heavy (non-hydrogen) atoms. The van der Waals surface area contributed by atoms with Crippen molar-refractivity contribution in [3.8, 4) is 48.4 Å². The van der Waals surface area contributed by atoms with E-state index in [0.717, 1.165) is 31.5 Å². The van der Waals surface area contributed by atoms with Crippen molar-refractivity contribution in [2.45, 2.75) is 278 Å². The number of carboxylic acid groups (broad SMARTS) is 1. The summed E-state index contributed by atoms with van der Waals surface area (Å²) in [6.07, 6.45) is 50.6. The minimum Gasteiger partial charge on any atom is -0.472 e. The van der Waals surface area contributed by atoms with Crippen LogP contribution in [0.4, 0.5) is 0 Å². The number of ether oxygens (including phenoxy) is 1. The summed E-state index contributed by atoms with van der Waals surface area (Å²) in [5.41, 5.74) is 0. The molecule has 0 aromatic heterocycles. The lowest BCUT2D eigenvalue weighted by Crippen LogP contribution is -2.43. The molecule has 9 atom stereocenters. The Labute approximate surface area is 576 Å². The van der Waals surface area contributed by atoms with Gasteiger partial charge >= 0.3 is 11.9 Å². The van der Waals surface area contributed by atoms with E-state index in [1.54, 1.807) is 12.2 Å². The zero-order valence-corrected chi connectivity index (χ0v) is 61.1. The van der Waals surface area contributed by atoms with Crippen molar-refractivity contribution in [3.05, 3.63) is 123 Å². The summed E-state index contributed by atoms with van der Waals surface area (Å²) in [5.74, 6) is 16.5. The highest BCUT2D eigenvalue weighted by atomic mass is 79.9. The van der Waals surface area contributed by atoms with E-state index in [2.05, 4.69) is 172 Å². The summed E-state index contributed by atoms with van der Waals surface area (Å²) in [6.45, 7) is 52.3. The van der Waals surface area contributed by atoms with E-state index in [-0.39, 0.29) is 90.2 Å². The summed E-state index contributed by atoms with van der Waals surface area (Å²) in [4.78, 5) is 32.0. The maximum Gasteiger partial charge on any atom is 0.384 e. The first-order valence-corrected chi connectivity index (χ1v) is 39.7. The maximum absolute atomic E-state index is 12.0. The summed E-state index contributed by atoms with van der Waals surface area (Å²) in [6, 6.07) is 0. The van der Waals surface area contributed by atoms with Gasteiger partial charge in [-0.05, 0) is 151 Å². The van der Waals surface area contributed by atoms with Gasteiger partial charge < -0.3 is 28.2 Å². The van der Waals surface area contributed by atoms with Crippen LogP contribution in [-0.4, -0.2) is 89.2 Å². The summed E-state index contributed by atoms with van der Waals surface area (Å²) in [5, 5.41) is 18.6. The Balaban J connectivity index is -0.000000116. The number of allylic oxidation sites excluding steroid dienone is 15. The fourth-order valence-corrected chi connectivity index (χ4v) is 10.4. The Morgan fingerprint density at radius 3 is 1.14 bits per heavy atom. The number of alkyl halides is 1. The molecule has 524 valence electrons. The van der Waals surface area contributed by atoms with E-state index in [1.807, 2.05) is 127 Å². The molecule has 3 unspecified atom stereocenters. The molecule has 9 nitrogen and oxygen atoms in total. The van der Waals surface area contributed by atoms with Gasteiger partial charge in [0, 0.05) is 31.1 Å². The molecule has 2 fully saturated rings. The van der Waals surface area contributed by atoms with Crippen LogP contribution in [0, 0.1) is 72.0 Å². The zero-order valence-electron chi connectivity index (χ0n) is 56.5. The third-order valence-electron chi connectivity index (χ3n) is 14.7. The predicted molar refractivity (Wildman–Crippen MR) is 417 cm³/mol. The Hall–Kier alpha value is -4.78. The first-order chi connectivity index (χ1) is 39.4. The smallest absolute Gasteiger partial charge is 0.384 e. The lowest BCUT2D eigenvalue weighted by Gasteiger charge is -2.38. The first kappa shape index (κ1) is 108. The van der Waals surface area contributed by atoms with Crippen LogP contribution in [0.3, 0.4) is 0 Å². The minimum atomic E-state index is -1.92. The second kappa shape index (κ2) is 59.0. The molecule has 0 bridgehead atoms. The van der Waals surface area contributed by atoms with Crippen LogP contribution in [0.2, 0.25) is 54.4 Å². The molecular weight excluding hydrogens is 1250 g/mol. The summed E-state index contributed by atoms with van der Waals surface area (Å²) >= 11 is 3.01. The second-order valence-electron chi connectivity index (χ2n) is 25.4. The Morgan fingerprint density at radius 2 is 0.879 bits per heavy atom. The standard InChI is InChI=1S/C24H38O3Si.C16H26O3Si.C15H26OSi.C8H14O.C6H8O.C3H3Br.6CH4/c1-9-11-12-14-22(27-28(7,8)24(4,5)6)15-13-16-23(25)26-19(3)17-21-18-20(21)10-2;1-7-8-9-11-14(12-10-13-15(17)18)19-20(5,6)16(2,3)4;1-8-10-11-13-14(12-9-2)16-17(6,7)15(3,4)5;1-3-7-5-8(7)4-6(2)9;1-2-3-4-5-6-7;1-2-3-4;;;;;;/h9-12,14,19-22H,2,15,17-18H2,1,3-8H3;7-9,11,14H,12H2,1-6H3,(H,17,18);2,8,10-11,13-14H,12H2,1,3-7H3;3,6-9H,1,4-5H2,2H3;2-6H,1H3;1H,3H2;6*1H4/b11-9+,14-12+;8-7+,11-9+;10-8+,13-11+;;3-2+,5-4+;;;;;;;/t19-,20+,21+,22?;;;6-,7-,8-;;;;;;;;/m1..0......../s1. The van der Waals surface area contributed by atoms with Gasteiger partial charge in [0.15, 0.2) is 25.0 Å². The molecule has 0 amide bonds. The quantitative estimate of drug-likeness (QED) is 0.0112. The van der Waals surface area contributed by atoms with Gasteiger partial charge in [0.2, 0.25) is 0 Å². The number of halogens is 1. The van der Waals surface area contributed by atoms with E-state index in [0.29, 0.717) is 42.3 Å². The molecular formula is C78H139BrO9Si3. The zero-order chi connectivity index (χ0) is 66.5. The Morgan fingerprint density at radius 1 is 0.560 bits per heavy atom. The predicted octanol–water partition coefficient (Wildman–Crippen LogP) is 22.3. The lowest BCUT2D eigenvalue weighted by atomic mass is 10.1. The van der Waals surface area contributed by atoms with Gasteiger partial charge in [0.05, 0.1) is 29.7 Å². The van der Waals surface area contributed by atoms with Crippen molar-refractivity contribution in [1.29, 1.82) is 0 Å². The number of carbonyl (C=O) groups excluding carboxylic acids is 2. The fraction of sp³-hybridized carbons (Fsp3) is 0.603. The van der Waals surface area contributed by atoms with Gasteiger partial charge in [-0.1, -0.05) is 244 Å². The number of terminal acetylenes is 2. The maximum atomic E-state index is 12.0. The molecule has 2 saturated carbocycles. The number of carboxylic acids is 1. The van der Waals surface area contributed by atoms with Crippen molar-refractivity contribution in [2.75, 3.05) is 5.33 Å². The number of rotatable bonds is 24. The Kier molecular flexibility index (Phi) is 69.9. The molecule has 2 N–H and O–H groups in total. The number of esters is 1. The van der Waals surface area contributed by atoms with E-state index >= 15 is 0 Å². The van der Waals surface area contributed by atoms with Gasteiger partial charge in [-0.2, -0.15) is 0 Å². The molecule has 13 heteroatoms. The third-order valence-corrected chi connectivity index (χ3v) is 28.5. The first-order valence-electron chi connectivity index (χ1n) is 29.8. The molecule has 2 rings (SSSR count). The summed E-state index contributed by atoms with van der Waals surface area (Å²) in [7, 11) is -5.55. The average Bonchev–Trinajstić information content (AvgIpc) is 1.93. The molecule has 0 saturated heterocycles. The number of aldehydes is 1. The molecule has 0 aromatic carbocycles. The van der Waals surface area contributed by atoms with Gasteiger partial charge in [0.25, 0.3) is 0 Å². The van der Waals surface area contributed by atoms with Crippen molar-refractivity contribution < 1.29 is 42.6 Å². The van der Waals surface area contributed by atoms with Crippen LogP contribution < -0.4 is 0 Å². The van der Waals surface area contributed by atoms with Crippen LogP contribution >= 0.6 is 15.9 Å². The SMILES string of the molecule is C.C.C.C.C.C.C#CCBr.C#CCC(/C=C/C=C/C)O[Si](C)(C)C(C)(C)C.C/C=C/C=C/C(CC#CC(=O)O)O[Si](C)(C)C(C)(C)C.C/C=C/C=C/C=O.C=C[C@H]1C[C@@H]1C[C@@H](C)OC(=O)C#CCC(/C=C/C=C/C)O[Si](C)(C)C(C)(C)C.C=C[C@H]1C[C@@H]1C[C@H](C)O. The minimum absolute atomic E-state index is 0. The molecule has 2 aliphatic rings. The van der Waals surface area contributed by atoms with Gasteiger partial charge in [-0.15, -0.1) is 31.9 Å². The highest BCUT2D eigenvalue weighted by Crippen LogP contribution is 2.44. The number of aliphatic hydroxyl groups excluding tert-OH is 1. The Bertz CT molecular complexity index is 2380. The number of aliphatic hydroxyl groups is 1. The fourth-order valence-electron chi connectivity index (χ4n) is 6.58. The van der Waals surface area contributed by atoms with Crippen molar-refractivity contribution >= 4 is 59.1 Å². The van der Waals surface area contributed by atoms with E-state index < -0.39 is 36.9 Å². The largest absolute Gasteiger partial charge is 0.472 e. The van der Waals surface area contributed by atoms with Gasteiger partial charge in [-0.3, -0.25) is 4.79 Å². The lowest BCUT2D eigenvalue weighted by molar-refractivity contribution is -0.141. The molecule has 0 spiro atoms. The van der Waals surface area contributed by atoms with Crippen LogP contribution in [0.1, 0.15) is 193 Å². The van der Waals surface area contributed by atoms with Crippen LogP contribution in [0.25, 0.3) is 0 Å². The van der Waals surface area contributed by atoms with Crippen LogP contribution in [0.15, 0.2) is 123 Å². The molecule has 2 aliphatic carbocycles. The van der Waals surface area contributed by atoms with Crippen molar-refractivity contribution in [1.82, 2.24) is 0 Å². The third kappa shape index (κ3) is 58.8. The van der Waals surface area contributed by atoms with E-state index in [1.165, 1.54) is 12.5 Å². The number of carbonyl (C=O) groups is 3. The number of hydrogen-bond donors (Lipinski definition) is 2.